The molecule has 0 heterocycles. The Kier molecular flexibility index (Phi) is 6.25. The van der Waals surface area contributed by atoms with Gasteiger partial charge in [-0.1, -0.05) is 12.1 Å². The molecule has 0 saturated carbocycles. The molecule has 1 atom stereocenters. The van der Waals surface area contributed by atoms with Gasteiger partial charge in [-0.3, -0.25) is 14.9 Å². The molecule has 0 aromatic heterocycles. The first-order valence-electron chi connectivity index (χ1n) is 9.05. The number of hydrogen-bond donors (Lipinski definition) is 2. The first kappa shape index (κ1) is 20.4. The number of hydrogen-bond acceptors (Lipinski definition) is 6. The highest BCUT2D eigenvalue weighted by Crippen LogP contribution is 2.25. The van der Waals surface area contributed by atoms with Crippen molar-refractivity contribution in [3.05, 3.63) is 88.5 Å². The van der Waals surface area contributed by atoms with Crippen molar-refractivity contribution in [3.8, 4) is 17.6 Å². The van der Waals surface area contributed by atoms with Crippen LogP contribution in [0.2, 0.25) is 0 Å². The van der Waals surface area contributed by atoms with Gasteiger partial charge in [0.2, 0.25) is 5.91 Å². The summed E-state index contributed by atoms with van der Waals surface area (Å²) >= 11 is 0. The molecule has 2 N–H and O–H groups in total. The van der Waals surface area contributed by atoms with Crippen molar-refractivity contribution in [1.82, 2.24) is 0 Å². The average Bonchev–Trinajstić information content (AvgIpc) is 2.76. The molecule has 1 amide bonds. The minimum Gasteiger partial charge on any atom is -0.457 e. The van der Waals surface area contributed by atoms with Crippen LogP contribution in [0, 0.1) is 21.4 Å². The summed E-state index contributed by atoms with van der Waals surface area (Å²) in [6.45, 7) is 1.66. The van der Waals surface area contributed by atoms with Crippen molar-refractivity contribution in [3.63, 3.8) is 0 Å². The Hall–Kier alpha value is -4.38. The van der Waals surface area contributed by atoms with E-state index < -0.39 is 16.9 Å². The first-order chi connectivity index (χ1) is 14.5. The van der Waals surface area contributed by atoms with Gasteiger partial charge in [0.15, 0.2) is 0 Å². The van der Waals surface area contributed by atoms with Crippen LogP contribution in [0.25, 0.3) is 0 Å². The van der Waals surface area contributed by atoms with E-state index >= 15 is 0 Å². The van der Waals surface area contributed by atoms with Crippen molar-refractivity contribution >= 4 is 23.0 Å². The third-order valence-electron chi connectivity index (χ3n) is 4.21. The number of rotatable bonds is 7. The second kappa shape index (κ2) is 9.21. The van der Waals surface area contributed by atoms with Crippen LogP contribution < -0.4 is 15.4 Å². The molecule has 3 aromatic rings. The van der Waals surface area contributed by atoms with Gasteiger partial charge in [0.05, 0.1) is 16.6 Å². The lowest BCUT2D eigenvalue weighted by Gasteiger charge is -2.16. The largest absolute Gasteiger partial charge is 0.457 e. The molecule has 0 bridgehead atoms. The molecule has 0 aliphatic carbocycles. The third-order valence-corrected chi connectivity index (χ3v) is 4.21. The predicted molar refractivity (Wildman–Crippen MR) is 112 cm³/mol. The van der Waals surface area contributed by atoms with Gasteiger partial charge in [-0.25, -0.2) is 0 Å². The Labute approximate surface area is 172 Å². The smallest absolute Gasteiger partial charge is 0.292 e. The van der Waals surface area contributed by atoms with Crippen LogP contribution in [0.5, 0.6) is 11.5 Å². The molecule has 0 fully saturated rings. The van der Waals surface area contributed by atoms with Crippen LogP contribution in [-0.2, 0) is 4.79 Å². The van der Waals surface area contributed by atoms with Crippen molar-refractivity contribution in [2.24, 2.45) is 0 Å². The average molecular weight is 402 g/mol. The van der Waals surface area contributed by atoms with E-state index in [1.54, 1.807) is 61.5 Å². The zero-order valence-corrected chi connectivity index (χ0v) is 16.0. The second-order valence-corrected chi connectivity index (χ2v) is 6.39. The number of anilines is 2. The molecule has 0 radical (unpaired) electrons. The van der Waals surface area contributed by atoms with Gasteiger partial charge in [-0.2, -0.15) is 5.26 Å². The third kappa shape index (κ3) is 5.11. The molecular formula is C22H18N4O4. The highest BCUT2D eigenvalue weighted by molar-refractivity contribution is 5.97. The SMILES string of the molecule is CC(Nc1ccc(Oc2ccc(C#N)cc2)cc1)C(=O)Nc1ccccc1[N+](=O)[O-]. The lowest BCUT2D eigenvalue weighted by molar-refractivity contribution is -0.383. The number of amides is 1. The van der Waals surface area contributed by atoms with Gasteiger partial charge in [-0.15, -0.1) is 0 Å². The van der Waals surface area contributed by atoms with Crippen LogP contribution in [0.4, 0.5) is 17.1 Å². The van der Waals surface area contributed by atoms with Crippen molar-refractivity contribution < 1.29 is 14.5 Å². The van der Waals surface area contributed by atoms with Crippen LogP contribution in [-0.4, -0.2) is 16.9 Å². The number of benzene rings is 3. The summed E-state index contributed by atoms with van der Waals surface area (Å²) in [4.78, 5) is 22.9. The monoisotopic (exact) mass is 402 g/mol. The molecule has 30 heavy (non-hydrogen) atoms. The van der Waals surface area contributed by atoms with Gasteiger partial charge in [0, 0.05) is 11.8 Å². The number of nitrogens with zero attached hydrogens (tertiary/aromatic N) is 2. The Morgan fingerprint density at radius 1 is 1.03 bits per heavy atom. The van der Waals surface area contributed by atoms with E-state index in [1.807, 2.05) is 6.07 Å². The minimum absolute atomic E-state index is 0.146. The summed E-state index contributed by atoms with van der Waals surface area (Å²) in [5.41, 5.74) is 1.22. The quantitative estimate of drug-likeness (QED) is 0.437. The van der Waals surface area contributed by atoms with Crippen LogP contribution in [0.1, 0.15) is 12.5 Å². The Morgan fingerprint density at radius 2 is 1.63 bits per heavy atom. The predicted octanol–water partition coefficient (Wildman–Crippen LogP) is 4.70. The molecule has 3 rings (SSSR count). The standard InChI is InChI=1S/C22H18N4O4/c1-15(22(27)25-20-4-2-3-5-21(20)26(28)29)24-17-8-12-19(13-9-17)30-18-10-6-16(14-23)7-11-18/h2-13,15,24H,1H3,(H,25,27). The van der Waals surface area contributed by atoms with E-state index in [0.717, 1.165) is 0 Å². The lowest BCUT2D eigenvalue weighted by atomic mass is 10.2. The number of nitro groups is 1. The molecule has 8 nitrogen and oxygen atoms in total. The summed E-state index contributed by atoms with van der Waals surface area (Å²) in [6, 6.07) is 21.1. The van der Waals surface area contributed by atoms with E-state index in [9.17, 15) is 14.9 Å². The molecule has 1 unspecified atom stereocenters. The highest BCUT2D eigenvalue weighted by atomic mass is 16.6. The molecule has 3 aromatic carbocycles. The van der Waals surface area contributed by atoms with Crippen LogP contribution >= 0.6 is 0 Å². The molecule has 0 spiro atoms. The number of carbonyl (C=O) groups is 1. The fourth-order valence-electron chi connectivity index (χ4n) is 2.65. The van der Waals surface area contributed by atoms with Crippen molar-refractivity contribution in [2.75, 3.05) is 10.6 Å². The molecular weight excluding hydrogens is 384 g/mol. The number of nitriles is 1. The van der Waals surface area contributed by atoms with Gasteiger partial charge in [0.1, 0.15) is 23.2 Å². The fraction of sp³-hybridized carbons (Fsp3) is 0.0909. The number of nitrogens with one attached hydrogen (secondary N) is 2. The zero-order valence-electron chi connectivity index (χ0n) is 16.0. The maximum Gasteiger partial charge on any atom is 0.292 e. The van der Waals surface area contributed by atoms with Gasteiger partial charge in [-0.05, 0) is 61.5 Å². The summed E-state index contributed by atoms with van der Waals surface area (Å²) < 4.78 is 5.72. The molecule has 150 valence electrons. The first-order valence-corrected chi connectivity index (χ1v) is 9.05. The maximum absolute atomic E-state index is 12.4. The van der Waals surface area contributed by atoms with Gasteiger partial charge < -0.3 is 15.4 Å². The highest BCUT2D eigenvalue weighted by Gasteiger charge is 2.18. The molecule has 0 aliphatic rings. The number of carbonyl (C=O) groups excluding carboxylic acids is 1. The summed E-state index contributed by atoms with van der Waals surface area (Å²) in [5.74, 6) is 0.802. The van der Waals surface area contributed by atoms with E-state index in [1.165, 1.54) is 18.2 Å². The van der Waals surface area contributed by atoms with E-state index in [2.05, 4.69) is 10.6 Å². The van der Waals surface area contributed by atoms with Crippen molar-refractivity contribution in [2.45, 2.75) is 13.0 Å². The van der Waals surface area contributed by atoms with Crippen molar-refractivity contribution in [1.29, 1.82) is 5.26 Å². The lowest BCUT2D eigenvalue weighted by Crippen LogP contribution is -2.32. The number of ether oxygens (including phenoxy) is 1. The normalized spacial score (nSPS) is 11.1. The minimum atomic E-state index is -0.630. The Morgan fingerprint density at radius 3 is 2.23 bits per heavy atom. The second-order valence-electron chi connectivity index (χ2n) is 6.39. The Bertz CT molecular complexity index is 1090. The van der Waals surface area contributed by atoms with Gasteiger partial charge >= 0.3 is 0 Å². The molecule has 8 heteroatoms. The van der Waals surface area contributed by atoms with Gasteiger partial charge in [0.25, 0.3) is 5.69 Å². The molecule has 0 aliphatic heterocycles. The maximum atomic E-state index is 12.4. The van der Waals surface area contributed by atoms with Crippen LogP contribution in [0.3, 0.4) is 0 Å². The fourth-order valence-corrected chi connectivity index (χ4v) is 2.65. The summed E-state index contributed by atoms with van der Waals surface area (Å²) in [6.07, 6.45) is 0. The van der Waals surface area contributed by atoms with E-state index in [-0.39, 0.29) is 11.4 Å². The number of nitro benzene ring substituents is 1. The van der Waals surface area contributed by atoms with Crippen LogP contribution in [0.15, 0.2) is 72.8 Å². The van der Waals surface area contributed by atoms with E-state index in [4.69, 9.17) is 10.00 Å². The summed E-state index contributed by atoms with van der Waals surface area (Å²) in [7, 11) is 0. The Balaban J connectivity index is 1.60. The number of para-hydroxylation sites is 2. The summed E-state index contributed by atoms with van der Waals surface area (Å²) in [5, 5.41) is 25.5. The van der Waals surface area contributed by atoms with E-state index in [0.29, 0.717) is 22.7 Å². The zero-order chi connectivity index (χ0) is 21.5. The molecule has 0 saturated heterocycles. The topological polar surface area (TPSA) is 117 Å².